The molecule has 0 saturated heterocycles. The van der Waals surface area contributed by atoms with Crippen LogP contribution in [0.25, 0.3) is 6.08 Å². The molecule has 0 atom stereocenters. The zero-order valence-corrected chi connectivity index (χ0v) is 16.0. The number of ether oxygens (including phenoxy) is 1. The maximum absolute atomic E-state index is 11.9. The number of aromatic nitrogens is 3. The van der Waals surface area contributed by atoms with Gasteiger partial charge in [0.1, 0.15) is 0 Å². The van der Waals surface area contributed by atoms with Crippen molar-refractivity contribution in [3.63, 3.8) is 0 Å². The number of rotatable bonds is 7. The Morgan fingerprint density at radius 2 is 1.83 bits per heavy atom. The number of carbonyl (C=O) groups excluding carboxylic acids is 1. The summed E-state index contributed by atoms with van der Waals surface area (Å²) in [4.78, 5) is 34.2. The Hall–Kier alpha value is -4.34. The molecule has 0 fully saturated rings. The smallest absolute Gasteiger partial charge is 0.331 e. The predicted molar refractivity (Wildman–Crippen MR) is 111 cm³/mol. The van der Waals surface area contributed by atoms with Gasteiger partial charge in [-0.25, -0.2) is 4.79 Å². The molecular formula is C20H18N6O4. The van der Waals surface area contributed by atoms with Crippen LogP contribution in [0.3, 0.4) is 0 Å². The van der Waals surface area contributed by atoms with Gasteiger partial charge in [0.15, 0.2) is 12.4 Å². The van der Waals surface area contributed by atoms with Gasteiger partial charge in [-0.1, -0.05) is 17.7 Å². The number of esters is 1. The highest BCUT2D eigenvalue weighted by atomic mass is 16.6. The number of carbonyl (C=O) groups is 1. The van der Waals surface area contributed by atoms with Gasteiger partial charge in [0.25, 0.3) is 5.69 Å². The van der Waals surface area contributed by atoms with Crippen molar-refractivity contribution in [1.82, 2.24) is 15.0 Å². The van der Waals surface area contributed by atoms with E-state index in [1.807, 2.05) is 31.2 Å². The summed E-state index contributed by atoms with van der Waals surface area (Å²) in [5.41, 5.74) is 8.19. The third-order valence-corrected chi connectivity index (χ3v) is 3.87. The topological polar surface area (TPSA) is 146 Å². The second-order valence-corrected chi connectivity index (χ2v) is 6.21. The fraction of sp³-hybridized carbons (Fsp3) is 0.100. The second-order valence-electron chi connectivity index (χ2n) is 6.21. The van der Waals surface area contributed by atoms with E-state index in [0.717, 1.165) is 11.3 Å². The molecular weight excluding hydrogens is 388 g/mol. The van der Waals surface area contributed by atoms with Crippen LogP contribution in [0, 0.1) is 17.0 Å². The van der Waals surface area contributed by atoms with E-state index in [4.69, 9.17) is 10.5 Å². The molecule has 3 aromatic rings. The van der Waals surface area contributed by atoms with E-state index in [9.17, 15) is 14.9 Å². The zero-order valence-electron chi connectivity index (χ0n) is 16.0. The largest absolute Gasteiger partial charge is 0.454 e. The van der Waals surface area contributed by atoms with E-state index in [0.29, 0.717) is 5.56 Å². The van der Waals surface area contributed by atoms with Crippen molar-refractivity contribution in [3.05, 3.63) is 81.7 Å². The van der Waals surface area contributed by atoms with E-state index in [1.54, 1.807) is 0 Å². The molecule has 0 aliphatic carbocycles. The highest BCUT2D eigenvalue weighted by Gasteiger charge is 2.08. The third kappa shape index (κ3) is 5.83. The Labute approximate surface area is 171 Å². The van der Waals surface area contributed by atoms with Gasteiger partial charge >= 0.3 is 5.97 Å². The predicted octanol–water partition coefficient (Wildman–Crippen LogP) is 3.17. The van der Waals surface area contributed by atoms with Crippen LogP contribution in [0.5, 0.6) is 0 Å². The van der Waals surface area contributed by atoms with E-state index in [-0.39, 0.29) is 30.0 Å². The number of aryl methyl sites for hydroxylation is 1. The molecule has 0 amide bonds. The highest BCUT2D eigenvalue weighted by Crippen LogP contribution is 2.15. The van der Waals surface area contributed by atoms with Crippen LogP contribution in [0.2, 0.25) is 0 Å². The number of nitrogens with two attached hydrogens (primary N) is 1. The summed E-state index contributed by atoms with van der Waals surface area (Å²) in [6.07, 6.45) is 2.69. The molecule has 0 bridgehead atoms. The molecule has 1 heterocycles. The van der Waals surface area contributed by atoms with Crippen LogP contribution in [-0.2, 0) is 16.1 Å². The number of anilines is 3. The molecule has 0 radical (unpaired) electrons. The number of benzene rings is 2. The maximum Gasteiger partial charge on any atom is 0.331 e. The summed E-state index contributed by atoms with van der Waals surface area (Å²) in [6, 6.07) is 13.4. The lowest BCUT2D eigenvalue weighted by atomic mass is 10.2. The molecule has 152 valence electrons. The molecule has 0 spiro atoms. The first kappa shape index (κ1) is 20.4. The molecule has 0 unspecified atom stereocenters. The van der Waals surface area contributed by atoms with Crippen LogP contribution < -0.4 is 11.1 Å². The molecule has 10 nitrogen and oxygen atoms in total. The SMILES string of the molecule is Cc1ccc(Nc2nc(N)nc(COC(=O)/C=C/c3ccc([N+](=O)[O-])cc3)n2)cc1. The number of nitro groups is 1. The number of nitrogen functional groups attached to an aromatic ring is 1. The van der Waals surface area contributed by atoms with Gasteiger partial charge in [-0.2, -0.15) is 15.0 Å². The van der Waals surface area contributed by atoms with Crippen LogP contribution in [-0.4, -0.2) is 25.8 Å². The van der Waals surface area contributed by atoms with E-state index < -0.39 is 10.9 Å². The summed E-state index contributed by atoms with van der Waals surface area (Å²) in [6.45, 7) is 1.78. The van der Waals surface area contributed by atoms with Gasteiger partial charge in [-0.15, -0.1) is 0 Å². The standard InChI is InChI=1S/C20H18N6O4/c1-13-2-7-15(8-3-13)22-20-24-17(23-19(21)25-20)12-30-18(27)11-6-14-4-9-16(10-5-14)26(28)29/h2-11H,12H2,1H3,(H3,21,22,23,24,25)/b11-6+. The first-order chi connectivity index (χ1) is 14.4. The Bertz CT molecular complexity index is 1080. The van der Waals surface area contributed by atoms with Crippen molar-refractivity contribution >= 4 is 35.3 Å². The summed E-state index contributed by atoms with van der Waals surface area (Å²) < 4.78 is 5.12. The number of hydrogen-bond donors (Lipinski definition) is 2. The van der Waals surface area contributed by atoms with Crippen LogP contribution in [0.15, 0.2) is 54.6 Å². The van der Waals surface area contributed by atoms with Crippen LogP contribution >= 0.6 is 0 Å². The quantitative estimate of drug-likeness (QED) is 0.261. The molecule has 0 aliphatic rings. The lowest BCUT2D eigenvalue weighted by Gasteiger charge is -2.07. The molecule has 0 aliphatic heterocycles. The number of hydrogen-bond acceptors (Lipinski definition) is 9. The average molecular weight is 406 g/mol. The summed E-state index contributed by atoms with van der Waals surface area (Å²) in [5.74, 6) is -0.208. The normalized spacial score (nSPS) is 10.7. The van der Waals surface area contributed by atoms with Gasteiger partial charge < -0.3 is 15.8 Å². The lowest BCUT2D eigenvalue weighted by Crippen LogP contribution is -2.10. The summed E-state index contributed by atoms with van der Waals surface area (Å²) in [7, 11) is 0. The molecule has 3 rings (SSSR count). The van der Waals surface area contributed by atoms with Crippen molar-refractivity contribution in [2.45, 2.75) is 13.5 Å². The maximum atomic E-state index is 11.9. The lowest BCUT2D eigenvalue weighted by molar-refractivity contribution is -0.384. The van der Waals surface area contributed by atoms with Crippen molar-refractivity contribution < 1.29 is 14.5 Å². The molecule has 30 heavy (non-hydrogen) atoms. The van der Waals surface area contributed by atoms with Gasteiger partial charge in [0.2, 0.25) is 11.9 Å². The van der Waals surface area contributed by atoms with Gasteiger partial charge in [0, 0.05) is 23.9 Å². The average Bonchev–Trinajstić information content (AvgIpc) is 2.72. The Kier molecular flexibility index (Phi) is 6.28. The van der Waals surface area contributed by atoms with E-state index >= 15 is 0 Å². The summed E-state index contributed by atoms with van der Waals surface area (Å²) >= 11 is 0. The van der Waals surface area contributed by atoms with Crippen LogP contribution in [0.1, 0.15) is 17.0 Å². The molecule has 0 saturated carbocycles. The van der Waals surface area contributed by atoms with Gasteiger partial charge in [-0.05, 0) is 42.8 Å². The fourth-order valence-corrected chi connectivity index (χ4v) is 2.38. The Morgan fingerprint density at radius 3 is 2.50 bits per heavy atom. The second kappa shape index (κ2) is 9.24. The monoisotopic (exact) mass is 406 g/mol. The first-order valence-corrected chi connectivity index (χ1v) is 8.82. The van der Waals surface area contributed by atoms with Gasteiger partial charge in [0.05, 0.1) is 4.92 Å². The number of nitro benzene ring substituents is 1. The fourth-order valence-electron chi connectivity index (χ4n) is 2.38. The number of non-ortho nitro benzene ring substituents is 1. The van der Waals surface area contributed by atoms with Crippen molar-refractivity contribution in [2.24, 2.45) is 0 Å². The molecule has 3 N–H and O–H groups in total. The molecule has 2 aromatic carbocycles. The minimum absolute atomic E-state index is 0.00733. The van der Waals surface area contributed by atoms with E-state index in [1.165, 1.54) is 36.4 Å². The molecule has 10 heteroatoms. The minimum Gasteiger partial charge on any atom is -0.454 e. The van der Waals surface area contributed by atoms with Gasteiger partial charge in [-0.3, -0.25) is 10.1 Å². The van der Waals surface area contributed by atoms with E-state index in [2.05, 4.69) is 20.3 Å². The minimum atomic E-state index is -0.625. The zero-order chi connectivity index (χ0) is 21.5. The van der Waals surface area contributed by atoms with Crippen molar-refractivity contribution in [2.75, 3.05) is 11.1 Å². The van der Waals surface area contributed by atoms with Crippen molar-refractivity contribution in [1.29, 1.82) is 0 Å². The van der Waals surface area contributed by atoms with Crippen molar-refractivity contribution in [3.8, 4) is 0 Å². The number of nitrogens with one attached hydrogen (secondary N) is 1. The summed E-state index contributed by atoms with van der Waals surface area (Å²) in [5, 5.41) is 13.7. The number of nitrogens with zero attached hydrogens (tertiary/aromatic N) is 4. The Morgan fingerprint density at radius 1 is 1.13 bits per heavy atom. The Balaban J connectivity index is 1.59. The molecule has 1 aromatic heterocycles. The third-order valence-electron chi connectivity index (χ3n) is 3.87. The first-order valence-electron chi connectivity index (χ1n) is 8.82. The van der Waals surface area contributed by atoms with Crippen LogP contribution in [0.4, 0.5) is 23.3 Å². The highest BCUT2D eigenvalue weighted by molar-refractivity contribution is 5.87.